The van der Waals surface area contributed by atoms with Crippen molar-refractivity contribution in [2.45, 2.75) is 32.6 Å². The maximum Gasteiger partial charge on any atom is 0.343 e. The number of nitrogens with zero attached hydrogens (tertiary/aromatic N) is 1. The molecule has 10 nitrogen and oxygen atoms in total. The molecule has 0 aliphatic heterocycles. The Morgan fingerprint density at radius 3 is 2.49 bits per heavy atom. The average molecular weight is 550 g/mol. The van der Waals surface area contributed by atoms with Crippen molar-refractivity contribution in [1.29, 1.82) is 0 Å². The van der Waals surface area contributed by atoms with E-state index in [9.17, 15) is 19.2 Å². The third kappa shape index (κ3) is 6.88. The van der Waals surface area contributed by atoms with Gasteiger partial charge < -0.3 is 19.5 Å². The van der Waals surface area contributed by atoms with Crippen LogP contribution >= 0.6 is 11.3 Å². The van der Waals surface area contributed by atoms with Crippen molar-refractivity contribution >= 4 is 46.3 Å². The van der Waals surface area contributed by atoms with Gasteiger partial charge in [0.2, 0.25) is 0 Å². The predicted molar refractivity (Wildman–Crippen MR) is 146 cm³/mol. The van der Waals surface area contributed by atoms with Crippen LogP contribution in [0.4, 0.5) is 5.00 Å². The molecule has 0 fully saturated rings. The molecule has 2 aromatic carbocycles. The summed E-state index contributed by atoms with van der Waals surface area (Å²) < 4.78 is 15.7. The number of thiophene rings is 1. The molecule has 202 valence electrons. The van der Waals surface area contributed by atoms with Gasteiger partial charge >= 0.3 is 23.8 Å². The van der Waals surface area contributed by atoms with Crippen molar-refractivity contribution in [2.75, 3.05) is 19.0 Å². The van der Waals surface area contributed by atoms with E-state index in [1.807, 2.05) is 0 Å². The first-order chi connectivity index (χ1) is 18.9. The van der Waals surface area contributed by atoms with Gasteiger partial charge in [0.15, 0.2) is 0 Å². The van der Waals surface area contributed by atoms with E-state index in [-0.39, 0.29) is 12.4 Å². The molecule has 4 rings (SSSR count). The van der Waals surface area contributed by atoms with E-state index in [1.165, 1.54) is 24.7 Å². The van der Waals surface area contributed by atoms with Gasteiger partial charge in [-0.05, 0) is 80.1 Å². The monoisotopic (exact) mass is 549 g/mol. The number of rotatable bonds is 8. The number of benzene rings is 2. The first kappa shape index (κ1) is 27.5. The molecule has 0 radical (unpaired) electrons. The summed E-state index contributed by atoms with van der Waals surface area (Å²) in [5.41, 5.74) is 4.25. The van der Waals surface area contributed by atoms with Gasteiger partial charge in [-0.1, -0.05) is 12.1 Å². The Morgan fingerprint density at radius 2 is 1.74 bits per heavy atom. The molecule has 39 heavy (non-hydrogen) atoms. The number of esters is 2. The SMILES string of the molecule is CCOC(=O)c1c(NC(=O)C(=O)N/N=C/c2cccc(OC(=O)c3ccc(OC)cc3)c2)sc2c1CCCC2. The highest BCUT2D eigenvalue weighted by molar-refractivity contribution is 7.17. The fourth-order valence-corrected chi connectivity index (χ4v) is 5.27. The molecular weight excluding hydrogens is 522 g/mol. The van der Waals surface area contributed by atoms with E-state index in [0.717, 1.165) is 36.1 Å². The number of nitrogens with one attached hydrogen (secondary N) is 2. The number of amides is 2. The van der Waals surface area contributed by atoms with Crippen LogP contribution in [-0.4, -0.2) is 43.7 Å². The number of ether oxygens (including phenoxy) is 3. The fourth-order valence-electron chi connectivity index (χ4n) is 4.00. The Bertz CT molecular complexity index is 1410. The van der Waals surface area contributed by atoms with Crippen LogP contribution in [0.5, 0.6) is 11.5 Å². The van der Waals surface area contributed by atoms with E-state index in [1.54, 1.807) is 55.5 Å². The van der Waals surface area contributed by atoms with Crippen LogP contribution in [0.25, 0.3) is 0 Å². The molecule has 1 aromatic heterocycles. The summed E-state index contributed by atoms with van der Waals surface area (Å²) in [4.78, 5) is 50.9. The van der Waals surface area contributed by atoms with E-state index in [0.29, 0.717) is 27.4 Å². The minimum Gasteiger partial charge on any atom is -0.497 e. The summed E-state index contributed by atoms with van der Waals surface area (Å²) in [6, 6.07) is 13.0. The fraction of sp³-hybridized carbons (Fsp3) is 0.250. The maximum absolute atomic E-state index is 12.6. The molecule has 0 atom stereocenters. The average Bonchev–Trinajstić information content (AvgIpc) is 3.31. The third-order valence-corrected chi connectivity index (χ3v) is 7.07. The number of carbonyl (C=O) groups excluding carboxylic acids is 4. The summed E-state index contributed by atoms with van der Waals surface area (Å²) in [6.07, 6.45) is 4.79. The largest absolute Gasteiger partial charge is 0.497 e. The number of fused-ring (bicyclic) bond motifs is 1. The number of hydrogen-bond acceptors (Lipinski definition) is 9. The van der Waals surface area contributed by atoms with Crippen molar-refractivity contribution in [3.63, 3.8) is 0 Å². The van der Waals surface area contributed by atoms with Gasteiger partial charge in [0.05, 0.1) is 31.1 Å². The molecule has 0 bridgehead atoms. The summed E-state index contributed by atoms with van der Waals surface area (Å²) in [7, 11) is 1.53. The molecule has 0 spiro atoms. The lowest BCUT2D eigenvalue weighted by molar-refractivity contribution is -0.136. The van der Waals surface area contributed by atoms with Crippen molar-refractivity contribution in [1.82, 2.24) is 5.43 Å². The van der Waals surface area contributed by atoms with Crippen molar-refractivity contribution < 1.29 is 33.4 Å². The Balaban J connectivity index is 1.36. The van der Waals surface area contributed by atoms with Crippen LogP contribution < -0.4 is 20.2 Å². The topological polar surface area (TPSA) is 132 Å². The predicted octanol–water partition coefficient (Wildman–Crippen LogP) is 4.12. The molecule has 1 heterocycles. The van der Waals surface area contributed by atoms with E-state index < -0.39 is 23.8 Å². The van der Waals surface area contributed by atoms with Crippen LogP contribution in [0.3, 0.4) is 0 Å². The molecule has 1 aliphatic rings. The Hall–Kier alpha value is -4.51. The Morgan fingerprint density at radius 1 is 0.974 bits per heavy atom. The number of hydrazone groups is 1. The van der Waals surface area contributed by atoms with E-state index in [4.69, 9.17) is 14.2 Å². The molecule has 0 unspecified atom stereocenters. The number of carbonyl (C=O) groups is 4. The third-order valence-electron chi connectivity index (χ3n) is 5.86. The second kappa shape index (κ2) is 12.8. The number of aryl methyl sites for hydroxylation is 1. The van der Waals surface area contributed by atoms with Gasteiger partial charge in [-0.25, -0.2) is 15.0 Å². The summed E-state index contributed by atoms with van der Waals surface area (Å²) in [6.45, 7) is 1.91. The van der Waals surface area contributed by atoms with Gasteiger partial charge in [0.1, 0.15) is 16.5 Å². The Labute approximate surface area is 229 Å². The molecule has 2 amide bonds. The minimum atomic E-state index is -1.01. The summed E-state index contributed by atoms with van der Waals surface area (Å²) in [5, 5.41) is 6.66. The first-order valence-electron chi connectivity index (χ1n) is 12.3. The molecular formula is C28H27N3O7S. The van der Waals surface area contributed by atoms with Crippen LogP contribution in [0.2, 0.25) is 0 Å². The van der Waals surface area contributed by atoms with Crippen LogP contribution in [0.1, 0.15) is 56.5 Å². The number of methoxy groups -OCH3 is 1. The first-order valence-corrected chi connectivity index (χ1v) is 13.1. The standard InChI is InChI=1S/C28H27N3O7S/c1-3-37-28(35)23-21-9-4-5-10-22(21)39-26(23)30-24(32)25(33)31-29-16-17-7-6-8-20(15-17)38-27(34)18-11-13-19(36-2)14-12-18/h6-8,11-16H,3-5,9-10H2,1-2H3,(H,30,32)(H,31,33)/b29-16+. The van der Waals surface area contributed by atoms with Gasteiger partial charge in [-0.2, -0.15) is 5.10 Å². The minimum absolute atomic E-state index is 0.202. The normalized spacial score (nSPS) is 12.4. The maximum atomic E-state index is 12.6. The highest BCUT2D eigenvalue weighted by atomic mass is 32.1. The number of hydrogen-bond donors (Lipinski definition) is 2. The number of anilines is 1. The van der Waals surface area contributed by atoms with Crippen molar-refractivity contribution in [3.8, 4) is 11.5 Å². The van der Waals surface area contributed by atoms with Crippen LogP contribution in [0.15, 0.2) is 53.6 Å². The molecule has 0 saturated heterocycles. The van der Waals surface area contributed by atoms with Gasteiger partial charge in [0, 0.05) is 4.88 Å². The summed E-state index contributed by atoms with van der Waals surface area (Å²) in [5.74, 6) is -2.13. The second-order valence-electron chi connectivity index (χ2n) is 8.48. The molecule has 11 heteroatoms. The lowest BCUT2D eigenvalue weighted by Gasteiger charge is -2.12. The quantitative estimate of drug-likeness (QED) is 0.142. The smallest absolute Gasteiger partial charge is 0.343 e. The van der Waals surface area contributed by atoms with E-state index >= 15 is 0 Å². The lowest BCUT2D eigenvalue weighted by Crippen LogP contribution is -2.32. The second-order valence-corrected chi connectivity index (χ2v) is 9.58. The zero-order valence-electron chi connectivity index (χ0n) is 21.4. The van der Waals surface area contributed by atoms with E-state index in [2.05, 4.69) is 15.8 Å². The van der Waals surface area contributed by atoms with Crippen molar-refractivity contribution in [2.24, 2.45) is 5.10 Å². The van der Waals surface area contributed by atoms with Crippen LogP contribution in [0, 0.1) is 0 Å². The van der Waals surface area contributed by atoms with Gasteiger partial charge in [-0.3, -0.25) is 9.59 Å². The molecule has 0 saturated carbocycles. The zero-order chi connectivity index (χ0) is 27.8. The highest BCUT2D eigenvalue weighted by Gasteiger charge is 2.28. The zero-order valence-corrected chi connectivity index (χ0v) is 22.3. The Kier molecular flexibility index (Phi) is 9.06. The van der Waals surface area contributed by atoms with Crippen molar-refractivity contribution in [3.05, 3.63) is 75.7 Å². The van der Waals surface area contributed by atoms with Gasteiger partial charge in [-0.15, -0.1) is 11.3 Å². The van der Waals surface area contributed by atoms with Gasteiger partial charge in [0.25, 0.3) is 0 Å². The lowest BCUT2D eigenvalue weighted by atomic mass is 9.95. The summed E-state index contributed by atoms with van der Waals surface area (Å²) >= 11 is 1.29. The molecule has 2 N–H and O–H groups in total. The molecule has 3 aromatic rings. The van der Waals surface area contributed by atoms with Crippen LogP contribution in [-0.2, 0) is 27.2 Å². The molecule has 1 aliphatic carbocycles. The highest BCUT2D eigenvalue weighted by Crippen LogP contribution is 2.38.